The van der Waals surface area contributed by atoms with Gasteiger partial charge in [0.2, 0.25) is 5.28 Å². The van der Waals surface area contributed by atoms with Crippen LogP contribution in [0.4, 0.5) is 10.2 Å². The van der Waals surface area contributed by atoms with Crippen LogP contribution in [0.5, 0.6) is 0 Å². The molecule has 1 N–H and O–H groups in total. The number of aromatic nitrogens is 4. The topological polar surface area (TPSA) is 55.6 Å². The summed E-state index contributed by atoms with van der Waals surface area (Å²) in [6.07, 6.45) is 4.50. The number of halogens is 2. The minimum absolute atomic E-state index is 0.00346. The lowest BCUT2D eigenvalue weighted by Gasteiger charge is -2.06. The largest absolute Gasteiger partial charge is 0.360 e. The van der Waals surface area contributed by atoms with Crippen molar-refractivity contribution in [1.29, 1.82) is 0 Å². The van der Waals surface area contributed by atoms with Gasteiger partial charge in [-0.05, 0) is 11.6 Å². The van der Waals surface area contributed by atoms with Crippen LogP contribution in [-0.2, 0) is 13.6 Å². The van der Waals surface area contributed by atoms with Crippen LogP contribution in [0, 0.1) is 5.82 Å². The molecule has 0 unspecified atom stereocenters. The predicted molar refractivity (Wildman–Crippen MR) is 57.5 cm³/mol. The van der Waals surface area contributed by atoms with Crippen molar-refractivity contribution in [3.8, 4) is 0 Å². The summed E-state index contributed by atoms with van der Waals surface area (Å²) in [5.74, 6) is 0.302. The second-order valence-electron chi connectivity index (χ2n) is 3.14. The summed E-state index contributed by atoms with van der Waals surface area (Å²) in [4.78, 5) is 11.3. The Labute approximate surface area is 96.3 Å². The lowest BCUT2D eigenvalue weighted by molar-refractivity contribution is 0.615. The fourth-order valence-electron chi connectivity index (χ4n) is 1.20. The van der Waals surface area contributed by atoms with Crippen molar-refractivity contribution in [2.45, 2.75) is 6.54 Å². The number of aryl methyl sites for hydroxylation is 1. The van der Waals surface area contributed by atoms with Gasteiger partial charge in [0.05, 0.1) is 12.7 Å². The van der Waals surface area contributed by atoms with Crippen molar-refractivity contribution in [3.63, 3.8) is 0 Å². The van der Waals surface area contributed by atoms with Crippen LogP contribution < -0.4 is 5.32 Å². The van der Waals surface area contributed by atoms with Crippen LogP contribution in [0.3, 0.4) is 0 Å². The zero-order chi connectivity index (χ0) is 11.5. The molecular weight excluding hydrogens is 233 g/mol. The van der Waals surface area contributed by atoms with Gasteiger partial charge in [-0.1, -0.05) is 0 Å². The van der Waals surface area contributed by atoms with E-state index in [9.17, 15) is 4.39 Å². The third-order valence-electron chi connectivity index (χ3n) is 2.05. The molecule has 5 nitrogen and oxygen atoms in total. The van der Waals surface area contributed by atoms with Gasteiger partial charge < -0.3 is 9.88 Å². The van der Waals surface area contributed by atoms with E-state index in [1.54, 1.807) is 12.4 Å². The van der Waals surface area contributed by atoms with Crippen LogP contribution in [0.1, 0.15) is 5.82 Å². The Kier molecular flexibility index (Phi) is 3.00. The molecule has 2 aromatic rings. The maximum absolute atomic E-state index is 13.2. The molecule has 0 aliphatic carbocycles. The van der Waals surface area contributed by atoms with Crippen LogP contribution in [0.25, 0.3) is 0 Å². The van der Waals surface area contributed by atoms with Gasteiger partial charge in [0.1, 0.15) is 5.82 Å². The first kappa shape index (κ1) is 10.8. The summed E-state index contributed by atoms with van der Waals surface area (Å²) in [5.41, 5.74) is 0. The third-order valence-corrected chi connectivity index (χ3v) is 2.23. The Bertz CT molecular complexity index is 498. The van der Waals surface area contributed by atoms with E-state index in [4.69, 9.17) is 11.6 Å². The average Bonchev–Trinajstić information content (AvgIpc) is 2.66. The maximum Gasteiger partial charge on any atom is 0.224 e. The number of nitrogens with one attached hydrogen (secondary N) is 1. The summed E-state index contributed by atoms with van der Waals surface area (Å²) in [6.45, 7) is 0.369. The first-order valence-electron chi connectivity index (χ1n) is 4.55. The Morgan fingerprint density at radius 1 is 1.50 bits per heavy atom. The minimum atomic E-state index is -0.543. The SMILES string of the molecule is Cn1ccnc1CNc1nc(Cl)ncc1F. The molecule has 0 bridgehead atoms. The van der Waals surface area contributed by atoms with Crippen molar-refractivity contribution in [2.24, 2.45) is 7.05 Å². The molecule has 0 aromatic carbocycles. The molecule has 2 aromatic heterocycles. The average molecular weight is 242 g/mol. The molecule has 7 heteroatoms. The van der Waals surface area contributed by atoms with Crippen molar-refractivity contribution in [3.05, 3.63) is 35.5 Å². The van der Waals surface area contributed by atoms with E-state index in [0.717, 1.165) is 12.0 Å². The van der Waals surface area contributed by atoms with Gasteiger partial charge in [0.15, 0.2) is 11.6 Å². The molecule has 0 saturated heterocycles. The minimum Gasteiger partial charge on any atom is -0.360 e. The van der Waals surface area contributed by atoms with Gasteiger partial charge in [-0.3, -0.25) is 0 Å². The molecular formula is C9H9ClFN5. The molecule has 0 amide bonds. The van der Waals surface area contributed by atoms with Gasteiger partial charge in [0.25, 0.3) is 0 Å². The summed E-state index contributed by atoms with van der Waals surface area (Å²) < 4.78 is 15.1. The van der Waals surface area contributed by atoms with Crippen LogP contribution in [-0.4, -0.2) is 19.5 Å². The molecule has 2 heterocycles. The van der Waals surface area contributed by atoms with E-state index in [-0.39, 0.29) is 11.1 Å². The smallest absolute Gasteiger partial charge is 0.224 e. The predicted octanol–water partition coefficient (Wildman–Crippen LogP) is 1.61. The van der Waals surface area contributed by atoms with E-state index in [1.165, 1.54) is 0 Å². The highest BCUT2D eigenvalue weighted by Gasteiger charge is 2.06. The number of imidazole rings is 1. The Balaban J connectivity index is 2.10. The van der Waals surface area contributed by atoms with Crippen LogP contribution in [0.2, 0.25) is 5.28 Å². The fraction of sp³-hybridized carbons (Fsp3) is 0.222. The second-order valence-corrected chi connectivity index (χ2v) is 3.48. The second kappa shape index (κ2) is 4.44. The normalized spacial score (nSPS) is 10.4. The monoisotopic (exact) mass is 241 g/mol. The molecule has 0 radical (unpaired) electrons. The lowest BCUT2D eigenvalue weighted by Crippen LogP contribution is -2.08. The highest BCUT2D eigenvalue weighted by atomic mass is 35.5. The molecule has 0 atom stereocenters. The van der Waals surface area contributed by atoms with E-state index in [2.05, 4.69) is 20.3 Å². The molecule has 0 saturated carbocycles. The summed E-state index contributed by atoms with van der Waals surface area (Å²) >= 11 is 5.56. The molecule has 0 aliphatic rings. The van der Waals surface area contributed by atoms with Crippen molar-refractivity contribution in [2.75, 3.05) is 5.32 Å². The zero-order valence-corrected chi connectivity index (χ0v) is 9.24. The first-order chi connectivity index (χ1) is 7.66. The van der Waals surface area contributed by atoms with Gasteiger partial charge >= 0.3 is 0 Å². The lowest BCUT2D eigenvalue weighted by atomic mass is 10.5. The quantitative estimate of drug-likeness (QED) is 0.830. The van der Waals surface area contributed by atoms with Crippen molar-refractivity contribution < 1.29 is 4.39 Å². The van der Waals surface area contributed by atoms with E-state index < -0.39 is 5.82 Å². The fourth-order valence-corrected chi connectivity index (χ4v) is 1.33. The molecule has 0 fully saturated rings. The standard InChI is InChI=1S/C9H9ClFN5/c1-16-3-2-12-7(16)5-13-8-6(11)4-14-9(10)15-8/h2-4H,5H2,1H3,(H,13,14,15). The van der Waals surface area contributed by atoms with E-state index in [0.29, 0.717) is 6.54 Å². The number of nitrogens with zero attached hydrogens (tertiary/aromatic N) is 4. The third kappa shape index (κ3) is 2.27. The Morgan fingerprint density at radius 3 is 3.00 bits per heavy atom. The number of rotatable bonds is 3. The summed E-state index contributed by atoms with van der Waals surface area (Å²) in [5, 5.41) is 2.81. The van der Waals surface area contributed by atoms with Gasteiger partial charge in [-0.2, -0.15) is 4.98 Å². The van der Waals surface area contributed by atoms with Crippen LogP contribution in [0.15, 0.2) is 18.6 Å². The van der Waals surface area contributed by atoms with E-state index in [1.807, 2.05) is 11.6 Å². The highest BCUT2D eigenvalue weighted by Crippen LogP contribution is 2.12. The first-order valence-corrected chi connectivity index (χ1v) is 4.92. The van der Waals surface area contributed by atoms with Crippen LogP contribution >= 0.6 is 11.6 Å². The van der Waals surface area contributed by atoms with Gasteiger partial charge in [0, 0.05) is 19.4 Å². The van der Waals surface area contributed by atoms with Crippen molar-refractivity contribution in [1.82, 2.24) is 19.5 Å². The number of anilines is 1. The molecule has 16 heavy (non-hydrogen) atoms. The number of hydrogen-bond donors (Lipinski definition) is 1. The van der Waals surface area contributed by atoms with Gasteiger partial charge in [-0.25, -0.2) is 14.4 Å². The Hall–Kier alpha value is -1.69. The maximum atomic E-state index is 13.2. The summed E-state index contributed by atoms with van der Waals surface area (Å²) in [6, 6.07) is 0. The molecule has 0 spiro atoms. The molecule has 2 rings (SSSR count). The highest BCUT2D eigenvalue weighted by molar-refractivity contribution is 6.28. The zero-order valence-electron chi connectivity index (χ0n) is 8.48. The van der Waals surface area contributed by atoms with E-state index >= 15 is 0 Å². The van der Waals surface area contributed by atoms with Crippen molar-refractivity contribution >= 4 is 17.4 Å². The van der Waals surface area contributed by atoms with Gasteiger partial charge in [-0.15, -0.1) is 0 Å². The molecule has 84 valence electrons. The number of hydrogen-bond acceptors (Lipinski definition) is 4. The molecule has 0 aliphatic heterocycles. The Morgan fingerprint density at radius 2 is 2.31 bits per heavy atom. The summed E-state index contributed by atoms with van der Waals surface area (Å²) in [7, 11) is 1.85.